The van der Waals surface area contributed by atoms with Gasteiger partial charge in [-0.2, -0.15) is 4.98 Å². The molecule has 4 nitrogen and oxygen atoms in total. The standard InChI is InChI=1S/C10H15N3O/c1-6(2)14-9-5-8(11)12-10(13-9)7-3-4-7/h5-7H,3-4H2,1-2H3,(H2,11,12,13). The zero-order valence-electron chi connectivity index (χ0n) is 8.53. The summed E-state index contributed by atoms with van der Waals surface area (Å²) in [4.78, 5) is 8.51. The lowest BCUT2D eigenvalue weighted by molar-refractivity contribution is 0.231. The molecule has 14 heavy (non-hydrogen) atoms. The van der Waals surface area contributed by atoms with Crippen molar-refractivity contribution in [2.75, 3.05) is 5.73 Å². The lowest BCUT2D eigenvalue weighted by Crippen LogP contribution is -2.09. The highest BCUT2D eigenvalue weighted by Crippen LogP contribution is 2.38. The van der Waals surface area contributed by atoms with Crippen LogP contribution in [0.1, 0.15) is 38.4 Å². The van der Waals surface area contributed by atoms with E-state index >= 15 is 0 Å². The summed E-state index contributed by atoms with van der Waals surface area (Å²) in [5, 5.41) is 0. The zero-order valence-corrected chi connectivity index (χ0v) is 8.53. The molecule has 0 saturated heterocycles. The van der Waals surface area contributed by atoms with Crippen LogP contribution in [0.3, 0.4) is 0 Å². The Kier molecular flexibility index (Phi) is 2.27. The van der Waals surface area contributed by atoms with Crippen LogP contribution in [0.25, 0.3) is 0 Å². The molecule has 2 N–H and O–H groups in total. The minimum absolute atomic E-state index is 0.122. The third kappa shape index (κ3) is 2.13. The molecule has 1 aromatic heterocycles. The lowest BCUT2D eigenvalue weighted by Gasteiger charge is -2.09. The maximum absolute atomic E-state index is 5.67. The van der Waals surface area contributed by atoms with E-state index in [0.29, 0.717) is 17.6 Å². The first-order valence-corrected chi connectivity index (χ1v) is 4.96. The number of anilines is 1. The SMILES string of the molecule is CC(C)Oc1cc(N)nc(C2CC2)n1. The van der Waals surface area contributed by atoms with Gasteiger partial charge in [0.05, 0.1) is 6.10 Å². The van der Waals surface area contributed by atoms with Crippen LogP contribution in [-0.4, -0.2) is 16.1 Å². The van der Waals surface area contributed by atoms with Gasteiger partial charge in [0, 0.05) is 12.0 Å². The summed E-state index contributed by atoms with van der Waals surface area (Å²) in [7, 11) is 0. The third-order valence-corrected chi connectivity index (χ3v) is 2.04. The Morgan fingerprint density at radius 2 is 2.14 bits per heavy atom. The molecular weight excluding hydrogens is 178 g/mol. The van der Waals surface area contributed by atoms with E-state index in [2.05, 4.69) is 9.97 Å². The number of nitrogens with zero attached hydrogens (tertiary/aromatic N) is 2. The van der Waals surface area contributed by atoms with Gasteiger partial charge in [-0.15, -0.1) is 0 Å². The predicted octanol–water partition coefficient (Wildman–Crippen LogP) is 1.72. The third-order valence-electron chi connectivity index (χ3n) is 2.04. The van der Waals surface area contributed by atoms with Crippen LogP contribution in [0.15, 0.2) is 6.07 Å². The van der Waals surface area contributed by atoms with E-state index in [4.69, 9.17) is 10.5 Å². The molecule has 0 spiro atoms. The molecule has 1 aliphatic rings. The molecule has 1 heterocycles. The summed E-state index contributed by atoms with van der Waals surface area (Å²) in [5.74, 6) is 2.43. The van der Waals surface area contributed by atoms with Gasteiger partial charge in [0.15, 0.2) is 0 Å². The molecule has 1 aliphatic carbocycles. The van der Waals surface area contributed by atoms with E-state index < -0.39 is 0 Å². The van der Waals surface area contributed by atoms with Gasteiger partial charge >= 0.3 is 0 Å². The van der Waals surface area contributed by atoms with Crippen molar-refractivity contribution in [3.8, 4) is 5.88 Å². The normalized spacial score (nSPS) is 15.9. The monoisotopic (exact) mass is 193 g/mol. The summed E-state index contributed by atoms with van der Waals surface area (Å²) in [6.45, 7) is 3.93. The average molecular weight is 193 g/mol. The predicted molar refractivity (Wildman–Crippen MR) is 54.2 cm³/mol. The fraction of sp³-hybridized carbons (Fsp3) is 0.600. The first-order valence-electron chi connectivity index (χ1n) is 4.96. The molecule has 0 aliphatic heterocycles. The number of nitrogens with two attached hydrogens (primary N) is 1. The largest absolute Gasteiger partial charge is 0.475 e. The number of ether oxygens (including phenoxy) is 1. The van der Waals surface area contributed by atoms with Crippen LogP contribution < -0.4 is 10.5 Å². The van der Waals surface area contributed by atoms with E-state index in [1.165, 1.54) is 12.8 Å². The number of hydrogen-bond acceptors (Lipinski definition) is 4. The van der Waals surface area contributed by atoms with Crippen LogP contribution in [0.5, 0.6) is 5.88 Å². The van der Waals surface area contributed by atoms with E-state index in [0.717, 1.165) is 5.82 Å². The van der Waals surface area contributed by atoms with Gasteiger partial charge in [-0.25, -0.2) is 4.98 Å². The molecule has 0 amide bonds. The Morgan fingerprint density at radius 1 is 1.43 bits per heavy atom. The van der Waals surface area contributed by atoms with Gasteiger partial charge in [0.25, 0.3) is 0 Å². The van der Waals surface area contributed by atoms with E-state index in [1.807, 2.05) is 13.8 Å². The molecule has 1 fully saturated rings. The van der Waals surface area contributed by atoms with Crippen LogP contribution in [0.2, 0.25) is 0 Å². The van der Waals surface area contributed by atoms with Crippen LogP contribution >= 0.6 is 0 Å². The number of rotatable bonds is 3. The minimum atomic E-state index is 0.122. The van der Waals surface area contributed by atoms with Gasteiger partial charge < -0.3 is 10.5 Å². The van der Waals surface area contributed by atoms with Crippen LogP contribution in [0, 0.1) is 0 Å². The molecule has 1 aromatic rings. The first kappa shape index (κ1) is 9.24. The van der Waals surface area contributed by atoms with Crippen molar-refractivity contribution in [2.45, 2.75) is 38.7 Å². The maximum Gasteiger partial charge on any atom is 0.218 e. The maximum atomic E-state index is 5.67. The van der Waals surface area contributed by atoms with Crippen molar-refractivity contribution in [2.24, 2.45) is 0 Å². The number of nitrogen functional groups attached to an aromatic ring is 1. The summed E-state index contributed by atoms with van der Waals surface area (Å²) in [6, 6.07) is 1.67. The Labute approximate surface area is 83.5 Å². The van der Waals surface area contributed by atoms with Crippen molar-refractivity contribution in [1.29, 1.82) is 0 Å². The highest BCUT2D eigenvalue weighted by molar-refractivity contribution is 5.34. The molecule has 76 valence electrons. The van der Waals surface area contributed by atoms with Gasteiger partial charge in [0.1, 0.15) is 11.6 Å². The van der Waals surface area contributed by atoms with Crippen LogP contribution in [0.4, 0.5) is 5.82 Å². The second-order valence-electron chi connectivity index (χ2n) is 3.93. The Hall–Kier alpha value is -1.32. The second-order valence-corrected chi connectivity index (χ2v) is 3.93. The molecule has 2 rings (SSSR count). The quantitative estimate of drug-likeness (QED) is 0.794. The van der Waals surface area contributed by atoms with Gasteiger partial charge in [-0.3, -0.25) is 0 Å². The summed E-state index contributed by atoms with van der Waals surface area (Å²) >= 11 is 0. The molecule has 4 heteroatoms. The molecular formula is C10H15N3O. The fourth-order valence-electron chi connectivity index (χ4n) is 1.29. The highest BCUT2D eigenvalue weighted by atomic mass is 16.5. The molecule has 0 unspecified atom stereocenters. The lowest BCUT2D eigenvalue weighted by atomic mass is 10.4. The van der Waals surface area contributed by atoms with Crippen molar-refractivity contribution in [1.82, 2.24) is 9.97 Å². The smallest absolute Gasteiger partial charge is 0.218 e. The zero-order chi connectivity index (χ0) is 10.1. The van der Waals surface area contributed by atoms with Crippen molar-refractivity contribution >= 4 is 5.82 Å². The van der Waals surface area contributed by atoms with E-state index in [-0.39, 0.29) is 6.10 Å². The van der Waals surface area contributed by atoms with Crippen molar-refractivity contribution < 1.29 is 4.74 Å². The Bertz CT molecular complexity index is 334. The summed E-state index contributed by atoms with van der Waals surface area (Å²) < 4.78 is 5.48. The number of aromatic nitrogens is 2. The molecule has 0 aromatic carbocycles. The fourth-order valence-corrected chi connectivity index (χ4v) is 1.29. The van der Waals surface area contributed by atoms with Crippen molar-refractivity contribution in [3.63, 3.8) is 0 Å². The Balaban J connectivity index is 2.22. The van der Waals surface area contributed by atoms with Crippen molar-refractivity contribution in [3.05, 3.63) is 11.9 Å². The molecule has 0 atom stereocenters. The molecule has 1 saturated carbocycles. The first-order chi connectivity index (χ1) is 6.65. The highest BCUT2D eigenvalue weighted by Gasteiger charge is 2.27. The topological polar surface area (TPSA) is 61.0 Å². The van der Waals surface area contributed by atoms with E-state index in [1.54, 1.807) is 6.07 Å². The summed E-state index contributed by atoms with van der Waals surface area (Å²) in [6.07, 6.45) is 2.46. The second kappa shape index (κ2) is 3.44. The molecule has 0 radical (unpaired) electrons. The van der Waals surface area contributed by atoms with Gasteiger partial charge in [0.2, 0.25) is 5.88 Å². The summed E-state index contributed by atoms with van der Waals surface area (Å²) in [5.41, 5.74) is 5.67. The number of hydrogen-bond donors (Lipinski definition) is 1. The van der Waals surface area contributed by atoms with Gasteiger partial charge in [-0.05, 0) is 26.7 Å². The van der Waals surface area contributed by atoms with Crippen LogP contribution in [-0.2, 0) is 0 Å². The Morgan fingerprint density at radius 3 is 2.71 bits per heavy atom. The minimum Gasteiger partial charge on any atom is -0.475 e. The van der Waals surface area contributed by atoms with E-state index in [9.17, 15) is 0 Å². The average Bonchev–Trinajstić information content (AvgIpc) is 2.82. The van der Waals surface area contributed by atoms with Gasteiger partial charge in [-0.1, -0.05) is 0 Å². The molecule has 0 bridgehead atoms.